The molecule has 4 rings (SSSR count). The number of halogens is 3. The van der Waals surface area contributed by atoms with E-state index in [9.17, 15) is 22.8 Å². The third-order valence-corrected chi connectivity index (χ3v) is 6.34. The van der Waals surface area contributed by atoms with E-state index < -0.39 is 11.6 Å². The summed E-state index contributed by atoms with van der Waals surface area (Å²) in [5.74, 6) is -2.29. The highest BCUT2D eigenvalue weighted by molar-refractivity contribution is 5.98. The first kappa shape index (κ1) is 22.3. The lowest BCUT2D eigenvalue weighted by Crippen LogP contribution is -2.52. The molecule has 0 radical (unpaired) electrons. The van der Waals surface area contributed by atoms with Crippen LogP contribution in [0.25, 0.3) is 0 Å². The normalized spacial score (nSPS) is 18.1. The molecule has 32 heavy (non-hydrogen) atoms. The summed E-state index contributed by atoms with van der Waals surface area (Å²) in [4.78, 5) is 31.3. The van der Waals surface area contributed by atoms with Crippen LogP contribution in [0, 0.1) is 23.4 Å². The van der Waals surface area contributed by atoms with Crippen LogP contribution in [0.15, 0.2) is 42.5 Å². The standard InChI is InChI=1S/C24H26F3N3O2/c25-18-1-4-20(5-2-18)29-11-13-30(14-12-29)23(31)16-28-9-7-17(8-10-28)24(32)21-15-19(26)3-6-22(21)27/h1-6,15,17H,7-14,16H2. The average molecular weight is 445 g/mol. The molecule has 1 amide bonds. The summed E-state index contributed by atoms with van der Waals surface area (Å²) in [6.07, 6.45) is 1.03. The van der Waals surface area contributed by atoms with Gasteiger partial charge in [0.2, 0.25) is 5.91 Å². The van der Waals surface area contributed by atoms with Crippen molar-refractivity contribution in [2.24, 2.45) is 5.92 Å². The lowest BCUT2D eigenvalue weighted by Gasteiger charge is -2.38. The predicted molar refractivity (Wildman–Crippen MR) is 115 cm³/mol. The highest BCUT2D eigenvalue weighted by Gasteiger charge is 2.30. The second-order valence-electron chi connectivity index (χ2n) is 8.38. The topological polar surface area (TPSA) is 43.9 Å². The summed E-state index contributed by atoms with van der Waals surface area (Å²) >= 11 is 0. The number of piperidine rings is 1. The minimum Gasteiger partial charge on any atom is -0.368 e. The zero-order valence-electron chi connectivity index (χ0n) is 17.8. The number of carbonyl (C=O) groups excluding carboxylic acids is 2. The Morgan fingerprint density at radius 2 is 1.44 bits per heavy atom. The van der Waals surface area contributed by atoms with Crippen molar-refractivity contribution in [3.8, 4) is 0 Å². The maximum Gasteiger partial charge on any atom is 0.236 e. The van der Waals surface area contributed by atoms with Gasteiger partial charge in [0.15, 0.2) is 5.78 Å². The number of amides is 1. The SMILES string of the molecule is O=C(c1cc(F)ccc1F)C1CCN(CC(=O)N2CCN(c3ccc(F)cc3)CC2)CC1. The van der Waals surface area contributed by atoms with Crippen molar-refractivity contribution in [2.45, 2.75) is 12.8 Å². The Hall–Kier alpha value is -2.87. The predicted octanol–water partition coefficient (Wildman–Crippen LogP) is 3.35. The lowest BCUT2D eigenvalue weighted by atomic mass is 9.88. The summed E-state index contributed by atoms with van der Waals surface area (Å²) in [6.45, 7) is 3.99. The van der Waals surface area contributed by atoms with Crippen LogP contribution in [-0.4, -0.2) is 67.3 Å². The molecule has 0 spiro atoms. The van der Waals surface area contributed by atoms with Crippen molar-refractivity contribution in [3.05, 3.63) is 65.5 Å². The molecule has 2 saturated heterocycles. The second-order valence-corrected chi connectivity index (χ2v) is 8.38. The van der Waals surface area contributed by atoms with Crippen molar-refractivity contribution in [2.75, 3.05) is 50.7 Å². The number of anilines is 1. The average Bonchev–Trinajstić information content (AvgIpc) is 2.81. The molecule has 2 aliphatic rings. The summed E-state index contributed by atoms with van der Waals surface area (Å²) < 4.78 is 40.4. The van der Waals surface area contributed by atoms with Gasteiger partial charge in [-0.15, -0.1) is 0 Å². The number of hydrogen-bond acceptors (Lipinski definition) is 4. The van der Waals surface area contributed by atoms with Crippen LogP contribution >= 0.6 is 0 Å². The van der Waals surface area contributed by atoms with Gasteiger partial charge >= 0.3 is 0 Å². The fourth-order valence-electron chi connectivity index (χ4n) is 4.42. The number of ketones is 1. The first-order chi connectivity index (χ1) is 15.4. The van der Waals surface area contributed by atoms with Crippen LogP contribution in [0.1, 0.15) is 23.2 Å². The van der Waals surface area contributed by atoms with E-state index in [-0.39, 0.29) is 35.5 Å². The fraction of sp³-hybridized carbons (Fsp3) is 0.417. The number of Topliss-reactive ketones (excluding diaryl/α,β-unsaturated/α-hetero) is 1. The van der Waals surface area contributed by atoms with E-state index in [0.717, 1.165) is 23.9 Å². The Labute approximate surface area is 185 Å². The Morgan fingerprint density at radius 3 is 2.09 bits per heavy atom. The summed E-state index contributed by atoms with van der Waals surface area (Å²) in [7, 11) is 0. The smallest absolute Gasteiger partial charge is 0.236 e. The Balaban J connectivity index is 1.24. The van der Waals surface area contributed by atoms with E-state index in [2.05, 4.69) is 4.90 Å². The van der Waals surface area contributed by atoms with Crippen molar-refractivity contribution < 1.29 is 22.8 Å². The summed E-state index contributed by atoms with van der Waals surface area (Å²) in [6, 6.07) is 9.29. The molecule has 0 aromatic heterocycles. The van der Waals surface area contributed by atoms with Crippen LogP contribution in [0.3, 0.4) is 0 Å². The molecule has 2 fully saturated rings. The zero-order chi connectivity index (χ0) is 22.7. The molecule has 2 aromatic rings. The van der Waals surface area contributed by atoms with Gasteiger partial charge in [0.25, 0.3) is 0 Å². The Morgan fingerprint density at radius 1 is 0.812 bits per heavy atom. The van der Waals surface area contributed by atoms with E-state index in [1.807, 2.05) is 9.80 Å². The molecule has 2 aromatic carbocycles. The monoisotopic (exact) mass is 445 g/mol. The fourth-order valence-corrected chi connectivity index (χ4v) is 4.42. The molecule has 0 bridgehead atoms. The first-order valence-corrected chi connectivity index (χ1v) is 10.9. The van der Waals surface area contributed by atoms with Crippen LogP contribution in [-0.2, 0) is 4.79 Å². The largest absolute Gasteiger partial charge is 0.368 e. The van der Waals surface area contributed by atoms with Crippen molar-refractivity contribution >= 4 is 17.4 Å². The highest BCUT2D eigenvalue weighted by Crippen LogP contribution is 2.24. The zero-order valence-corrected chi connectivity index (χ0v) is 17.8. The molecule has 2 aliphatic heterocycles. The van der Waals surface area contributed by atoms with E-state index in [1.165, 1.54) is 12.1 Å². The van der Waals surface area contributed by atoms with Crippen LogP contribution in [0.5, 0.6) is 0 Å². The van der Waals surface area contributed by atoms with Crippen molar-refractivity contribution in [1.82, 2.24) is 9.80 Å². The van der Waals surface area contributed by atoms with Crippen molar-refractivity contribution in [3.63, 3.8) is 0 Å². The lowest BCUT2D eigenvalue weighted by molar-refractivity contribution is -0.133. The molecule has 0 N–H and O–H groups in total. The molecule has 8 heteroatoms. The minimum absolute atomic E-state index is 0.0460. The van der Waals surface area contributed by atoms with E-state index in [0.29, 0.717) is 52.1 Å². The van der Waals surface area contributed by atoms with E-state index >= 15 is 0 Å². The molecule has 170 valence electrons. The van der Waals surface area contributed by atoms with Gasteiger partial charge in [-0.3, -0.25) is 14.5 Å². The van der Waals surface area contributed by atoms with Gasteiger partial charge in [0.05, 0.1) is 12.1 Å². The number of hydrogen-bond donors (Lipinski definition) is 0. The molecular weight excluding hydrogens is 419 g/mol. The summed E-state index contributed by atoms with van der Waals surface area (Å²) in [5, 5.41) is 0. The van der Waals surface area contributed by atoms with Crippen molar-refractivity contribution in [1.29, 1.82) is 0 Å². The maximum absolute atomic E-state index is 13.9. The third-order valence-electron chi connectivity index (χ3n) is 6.34. The van der Waals surface area contributed by atoms with Gasteiger partial charge in [0.1, 0.15) is 17.5 Å². The molecule has 5 nitrogen and oxygen atoms in total. The third kappa shape index (κ3) is 5.12. The molecule has 2 heterocycles. The van der Waals surface area contributed by atoms with Gasteiger partial charge < -0.3 is 9.80 Å². The Kier molecular flexibility index (Phi) is 6.79. The first-order valence-electron chi connectivity index (χ1n) is 10.9. The van der Waals surface area contributed by atoms with Crippen LogP contribution in [0.4, 0.5) is 18.9 Å². The van der Waals surface area contributed by atoms with Gasteiger partial charge in [-0.2, -0.15) is 0 Å². The van der Waals surface area contributed by atoms with E-state index in [4.69, 9.17) is 0 Å². The van der Waals surface area contributed by atoms with Gasteiger partial charge in [0, 0.05) is 37.8 Å². The number of carbonyl (C=O) groups is 2. The molecule has 0 unspecified atom stereocenters. The number of rotatable bonds is 5. The number of benzene rings is 2. The number of nitrogens with zero attached hydrogens (tertiary/aromatic N) is 3. The van der Waals surface area contributed by atoms with Crippen LogP contribution < -0.4 is 4.90 Å². The molecular formula is C24H26F3N3O2. The quantitative estimate of drug-likeness (QED) is 0.663. The minimum atomic E-state index is -0.700. The summed E-state index contributed by atoms with van der Waals surface area (Å²) in [5.41, 5.74) is 0.749. The number of piperazine rings is 1. The second kappa shape index (κ2) is 9.73. The molecule has 0 aliphatic carbocycles. The molecule has 0 saturated carbocycles. The van der Waals surface area contributed by atoms with E-state index in [1.54, 1.807) is 12.1 Å². The van der Waals surface area contributed by atoms with Crippen LogP contribution in [0.2, 0.25) is 0 Å². The molecule has 0 atom stereocenters. The maximum atomic E-state index is 13.9. The van der Waals surface area contributed by atoms with Gasteiger partial charge in [-0.05, 0) is 68.4 Å². The highest BCUT2D eigenvalue weighted by atomic mass is 19.1. The Bertz CT molecular complexity index is 967. The number of likely N-dealkylation sites (tertiary alicyclic amines) is 1. The van der Waals surface area contributed by atoms with Gasteiger partial charge in [-0.1, -0.05) is 0 Å². The van der Waals surface area contributed by atoms with Gasteiger partial charge in [-0.25, -0.2) is 13.2 Å².